The molecule has 1 unspecified atom stereocenters. The molecule has 1 heterocycles. The van der Waals surface area contributed by atoms with Crippen molar-refractivity contribution in [3.8, 4) is 0 Å². The van der Waals surface area contributed by atoms with E-state index >= 15 is 0 Å². The first-order valence-electron chi connectivity index (χ1n) is 5.47. The molecule has 1 saturated heterocycles. The smallest absolute Gasteiger partial charge is 0.207 e. The van der Waals surface area contributed by atoms with Gasteiger partial charge in [0, 0.05) is 28.6 Å². The van der Waals surface area contributed by atoms with Crippen LogP contribution in [0.3, 0.4) is 0 Å². The summed E-state index contributed by atoms with van der Waals surface area (Å²) in [5.74, 6) is 0.786. The Bertz CT molecular complexity index is 550. The summed E-state index contributed by atoms with van der Waals surface area (Å²) in [6.45, 7) is 2.28. The number of benzene rings is 1. The van der Waals surface area contributed by atoms with Crippen molar-refractivity contribution in [3.05, 3.63) is 28.5 Å². The molecule has 3 nitrogen and oxygen atoms in total. The highest BCUT2D eigenvalue weighted by atomic mass is 79.9. The Morgan fingerprint density at radius 2 is 2.22 bits per heavy atom. The van der Waals surface area contributed by atoms with Crippen LogP contribution in [0.25, 0.3) is 0 Å². The zero-order valence-electron chi connectivity index (χ0n) is 9.77. The van der Waals surface area contributed by atoms with Crippen molar-refractivity contribution in [1.29, 1.82) is 0 Å². The fraction of sp³-hybridized carbons (Fsp3) is 0.455. The molecule has 0 aliphatic carbocycles. The molecule has 0 radical (unpaired) electrons. The topological polar surface area (TPSA) is 37.4 Å². The van der Waals surface area contributed by atoms with E-state index < -0.39 is 15.8 Å². The first-order valence-corrected chi connectivity index (χ1v) is 8.86. The molecule has 0 bridgehead atoms. The van der Waals surface area contributed by atoms with Crippen LogP contribution in [0.5, 0.6) is 0 Å². The van der Waals surface area contributed by atoms with Crippen LogP contribution >= 0.6 is 27.7 Å². The number of thioether (sulfide) groups is 1. The van der Waals surface area contributed by atoms with E-state index in [-0.39, 0.29) is 10.9 Å². The molecule has 1 aliphatic rings. The SMILES string of the molecule is CC1CSCCN1S(=O)(=O)c1ccc(Br)cc1F. The third-order valence-corrected chi connectivity index (χ3v) is 6.52. The molecule has 0 aromatic heterocycles. The maximum Gasteiger partial charge on any atom is 0.246 e. The summed E-state index contributed by atoms with van der Waals surface area (Å²) in [5.41, 5.74) is 0. The van der Waals surface area contributed by atoms with Crippen LogP contribution in [0.15, 0.2) is 27.6 Å². The molecule has 1 aromatic carbocycles. The molecular weight excluding hydrogens is 341 g/mol. The van der Waals surface area contributed by atoms with Crippen LogP contribution in [0.2, 0.25) is 0 Å². The molecule has 0 N–H and O–H groups in total. The molecule has 0 amide bonds. The summed E-state index contributed by atoms with van der Waals surface area (Å²) in [6.07, 6.45) is 0. The zero-order chi connectivity index (χ0) is 13.3. The van der Waals surface area contributed by atoms with Gasteiger partial charge in [-0.15, -0.1) is 0 Å². The molecule has 1 aromatic rings. The number of hydrogen-bond acceptors (Lipinski definition) is 3. The molecule has 18 heavy (non-hydrogen) atoms. The van der Waals surface area contributed by atoms with Gasteiger partial charge in [0.2, 0.25) is 10.0 Å². The first kappa shape index (κ1) is 14.3. The van der Waals surface area contributed by atoms with Gasteiger partial charge in [-0.1, -0.05) is 15.9 Å². The van der Waals surface area contributed by atoms with E-state index in [9.17, 15) is 12.8 Å². The first-order chi connectivity index (χ1) is 8.43. The van der Waals surface area contributed by atoms with Crippen LogP contribution in [0.4, 0.5) is 4.39 Å². The molecular formula is C11H13BrFNO2S2. The van der Waals surface area contributed by atoms with Gasteiger partial charge in [-0.2, -0.15) is 16.1 Å². The second-order valence-corrected chi connectivity index (χ2v) is 8.04. The fourth-order valence-electron chi connectivity index (χ4n) is 1.88. The van der Waals surface area contributed by atoms with Gasteiger partial charge in [-0.05, 0) is 25.1 Å². The summed E-state index contributed by atoms with van der Waals surface area (Å²) in [4.78, 5) is -0.246. The lowest BCUT2D eigenvalue weighted by Gasteiger charge is -2.32. The number of halogens is 2. The van der Waals surface area contributed by atoms with E-state index in [2.05, 4.69) is 15.9 Å². The van der Waals surface area contributed by atoms with Gasteiger partial charge in [0.05, 0.1) is 0 Å². The van der Waals surface area contributed by atoms with Gasteiger partial charge in [0.25, 0.3) is 0 Å². The van der Waals surface area contributed by atoms with Crippen LogP contribution in [-0.2, 0) is 10.0 Å². The van der Waals surface area contributed by atoms with E-state index in [4.69, 9.17) is 0 Å². The molecule has 0 saturated carbocycles. The Morgan fingerprint density at radius 3 is 2.83 bits per heavy atom. The van der Waals surface area contributed by atoms with Crippen molar-refractivity contribution in [2.75, 3.05) is 18.1 Å². The van der Waals surface area contributed by atoms with Gasteiger partial charge < -0.3 is 0 Å². The number of rotatable bonds is 2. The second kappa shape index (κ2) is 5.48. The summed E-state index contributed by atoms with van der Waals surface area (Å²) in [6, 6.07) is 3.93. The highest BCUT2D eigenvalue weighted by molar-refractivity contribution is 9.10. The number of nitrogens with zero attached hydrogens (tertiary/aromatic N) is 1. The van der Waals surface area contributed by atoms with Crippen molar-refractivity contribution in [1.82, 2.24) is 4.31 Å². The number of sulfonamides is 1. The average Bonchev–Trinajstić information content (AvgIpc) is 2.28. The van der Waals surface area contributed by atoms with Gasteiger partial charge in [0.15, 0.2) is 0 Å². The molecule has 2 rings (SSSR count). The Hall–Kier alpha value is -0.110. The molecule has 1 fully saturated rings. The summed E-state index contributed by atoms with van der Waals surface area (Å²) in [5, 5.41) is 0. The third kappa shape index (κ3) is 2.74. The zero-order valence-corrected chi connectivity index (χ0v) is 13.0. The van der Waals surface area contributed by atoms with Crippen molar-refractivity contribution < 1.29 is 12.8 Å². The van der Waals surface area contributed by atoms with E-state index in [1.165, 1.54) is 16.4 Å². The van der Waals surface area contributed by atoms with Gasteiger partial charge in [-0.25, -0.2) is 12.8 Å². The summed E-state index contributed by atoms with van der Waals surface area (Å²) in [7, 11) is -3.73. The Morgan fingerprint density at radius 1 is 1.50 bits per heavy atom. The third-order valence-electron chi connectivity index (χ3n) is 2.79. The largest absolute Gasteiger partial charge is 0.246 e. The lowest BCUT2D eigenvalue weighted by Crippen LogP contribution is -2.44. The number of hydrogen-bond donors (Lipinski definition) is 0. The van der Waals surface area contributed by atoms with Crippen molar-refractivity contribution in [2.45, 2.75) is 17.9 Å². The minimum atomic E-state index is -3.73. The fourth-order valence-corrected chi connectivity index (χ4v) is 5.11. The quantitative estimate of drug-likeness (QED) is 0.820. The van der Waals surface area contributed by atoms with Gasteiger partial charge >= 0.3 is 0 Å². The highest BCUT2D eigenvalue weighted by Crippen LogP contribution is 2.27. The monoisotopic (exact) mass is 353 g/mol. The van der Waals surface area contributed by atoms with Gasteiger partial charge in [0.1, 0.15) is 10.7 Å². The standard InChI is InChI=1S/C11H13BrFNO2S2/c1-8-7-17-5-4-14(8)18(15,16)11-3-2-9(12)6-10(11)13/h2-3,6,8H,4-5,7H2,1H3. The lowest BCUT2D eigenvalue weighted by molar-refractivity contribution is 0.365. The minimum absolute atomic E-state index is 0.100. The lowest BCUT2D eigenvalue weighted by atomic mass is 10.3. The Balaban J connectivity index is 2.41. The van der Waals surface area contributed by atoms with Gasteiger partial charge in [-0.3, -0.25) is 0 Å². The predicted molar refractivity (Wildman–Crippen MR) is 74.8 cm³/mol. The van der Waals surface area contributed by atoms with E-state index in [1.807, 2.05) is 6.92 Å². The normalized spacial score (nSPS) is 22.1. The summed E-state index contributed by atoms with van der Waals surface area (Å²) >= 11 is 4.84. The average molecular weight is 354 g/mol. The molecule has 0 spiro atoms. The van der Waals surface area contributed by atoms with Crippen molar-refractivity contribution in [2.24, 2.45) is 0 Å². The highest BCUT2D eigenvalue weighted by Gasteiger charge is 2.33. The molecule has 1 atom stereocenters. The Labute approximate surface area is 119 Å². The van der Waals surface area contributed by atoms with Crippen LogP contribution < -0.4 is 0 Å². The Kier molecular flexibility index (Phi) is 4.36. The van der Waals surface area contributed by atoms with E-state index in [0.717, 1.165) is 11.5 Å². The second-order valence-electron chi connectivity index (χ2n) is 4.11. The van der Waals surface area contributed by atoms with Crippen molar-refractivity contribution in [3.63, 3.8) is 0 Å². The van der Waals surface area contributed by atoms with E-state index in [1.54, 1.807) is 17.8 Å². The summed E-state index contributed by atoms with van der Waals surface area (Å²) < 4.78 is 40.5. The van der Waals surface area contributed by atoms with Crippen LogP contribution in [0.1, 0.15) is 6.92 Å². The molecule has 100 valence electrons. The predicted octanol–water partition coefficient (Wildman–Crippen LogP) is 2.71. The maximum atomic E-state index is 13.8. The maximum absolute atomic E-state index is 13.8. The van der Waals surface area contributed by atoms with E-state index in [0.29, 0.717) is 11.0 Å². The minimum Gasteiger partial charge on any atom is -0.207 e. The van der Waals surface area contributed by atoms with Crippen molar-refractivity contribution >= 4 is 37.7 Å². The van der Waals surface area contributed by atoms with Crippen LogP contribution in [0, 0.1) is 5.82 Å². The van der Waals surface area contributed by atoms with Crippen LogP contribution in [-0.4, -0.2) is 36.8 Å². The molecule has 7 heteroatoms. The molecule has 1 aliphatic heterocycles.